The number of halogens is 1. The summed E-state index contributed by atoms with van der Waals surface area (Å²) in [6.45, 7) is 1.93. The van der Waals surface area contributed by atoms with Gasteiger partial charge in [-0.2, -0.15) is 0 Å². The van der Waals surface area contributed by atoms with Crippen LogP contribution >= 0.6 is 23.8 Å². The number of amides is 2. The molecule has 0 bridgehead atoms. The van der Waals surface area contributed by atoms with Gasteiger partial charge in [0.1, 0.15) is 0 Å². The number of rotatable bonds is 2. The third-order valence-electron chi connectivity index (χ3n) is 2.92. The summed E-state index contributed by atoms with van der Waals surface area (Å²) in [6, 6.07) is 13.5. The van der Waals surface area contributed by atoms with Crippen LogP contribution < -0.4 is 16.2 Å². The molecule has 0 aliphatic carbocycles. The number of carbonyl (C=O) groups is 2. The minimum Gasteiger partial charge on any atom is -0.298 e. The van der Waals surface area contributed by atoms with Crippen molar-refractivity contribution in [3.05, 3.63) is 70.2 Å². The van der Waals surface area contributed by atoms with Gasteiger partial charge < -0.3 is 0 Å². The highest BCUT2D eigenvalue weighted by Crippen LogP contribution is 2.10. The predicted molar refractivity (Wildman–Crippen MR) is 93.3 cm³/mol. The Morgan fingerprint density at radius 2 is 1.65 bits per heavy atom. The molecule has 2 rings (SSSR count). The zero-order valence-corrected chi connectivity index (χ0v) is 13.8. The van der Waals surface area contributed by atoms with E-state index in [9.17, 15) is 9.59 Å². The molecule has 0 saturated heterocycles. The van der Waals surface area contributed by atoms with E-state index in [2.05, 4.69) is 16.2 Å². The molecule has 2 aromatic carbocycles. The van der Waals surface area contributed by atoms with Gasteiger partial charge in [0.2, 0.25) is 0 Å². The molecule has 5 nitrogen and oxygen atoms in total. The van der Waals surface area contributed by atoms with Gasteiger partial charge in [0.25, 0.3) is 11.8 Å². The Kier molecular flexibility index (Phi) is 5.67. The molecule has 0 atom stereocenters. The van der Waals surface area contributed by atoms with E-state index >= 15 is 0 Å². The van der Waals surface area contributed by atoms with Crippen molar-refractivity contribution < 1.29 is 9.59 Å². The summed E-state index contributed by atoms with van der Waals surface area (Å²) < 4.78 is 0. The molecular formula is C16H14ClN3O2S. The van der Waals surface area contributed by atoms with Gasteiger partial charge in [-0.05, 0) is 49.5 Å². The van der Waals surface area contributed by atoms with Crippen LogP contribution in [0.4, 0.5) is 0 Å². The highest BCUT2D eigenvalue weighted by atomic mass is 35.5. The van der Waals surface area contributed by atoms with Crippen molar-refractivity contribution in [2.75, 3.05) is 0 Å². The minimum absolute atomic E-state index is 0.00838. The van der Waals surface area contributed by atoms with Crippen LogP contribution in [0.25, 0.3) is 0 Å². The van der Waals surface area contributed by atoms with Crippen LogP contribution in [-0.2, 0) is 0 Å². The SMILES string of the molecule is Cc1ccc(C(=O)NC(=S)NNC(=O)c2cccc(Cl)c2)cc1. The van der Waals surface area contributed by atoms with Crippen LogP contribution in [0, 0.1) is 6.92 Å². The Bertz CT molecular complexity index is 747. The van der Waals surface area contributed by atoms with E-state index in [0.29, 0.717) is 16.1 Å². The van der Waals surface area contributed by atoms with E-state index in [-0.39, 0.29) is 11.0 Å². The number of nitrogens with one attached hydrogen (secondary N) is 3. The van der Waals surface area contributed by atoms with Crippen molar-refractivity contribution in [3.8, 4) is 0 Å². The van der Waals surface area contributed by atoms with Gasteiger partial charge in [-0.1, -0.05) is 35.4 Å². The van der Waals surface area contributed by atoms with Crippen molar-refractivity contribution in [3.63, 3.8) is 0 Å². The molecule has 3 N–H and O–H groups in total. The molecule has 0 aliphatic heterocycles. The van der Waals surface area contributed by atoms with Crippen molar-refractivity contribution in [2.24, 2.45) is 0 Å². The molecule has 23 heavy (non-hydrogen) atoms. The highest BCUT2D eigenvalue weighted by molar-refractivity contribution is 7.80. The molecule has 0 aromatic heterocycles. The second-order valence-corrected chi connectivity index (χ2v) is 5.58. The fourth-order valence-corrected chi connectivity index (χ4v) is 2.06. The smallest absolute Gasteiger partial charge is 0.269 e. The number of hydrogen-bond acceptors (Lipinski definition) is 3. The Balaban J connectivity index is 1.86. The van der Waals surface area contributed by atoms with Gasteiger partial charge in [-0.15, -0.1) is 0 Å². The van der Waals surface area contributed by atoms with Gasteiger partial charge in [0.15, 0.2) is 5.11 Å². The standard InChI is InChI=1S/C16H14ClN3O2S/c1-10-5-7-11(8-6-10)14(21)18-16(23)20-19-15(22)12-3-2-4-13(17)9-12/h2-9H,1H3,(H,19,22)(H2,18,20,21,23). The molecule has 7 heteroatoms. The van der Waals surface area contributed by atoms with E-state index in [1.54, 1.807) is 30.3 Å². The maximum absolute atomic E-state index is 12.0. The number of hydrazine groups is 1. The van der Waals surface area contributed by atoms with E-state index in [4.69, 9.17) is 23.8 Å². The van der Waals surface area contributed by atoms with Crippen LogP contribution in [0.15, 0.2) is 48.5 Å². The first kappa shape index (κ1) is 16.9. The average molecular weight is 348 g/mol. The first-order valence-electron chi connectivity index (χ1n) is 6.69. The lowest BCUT2D eigenvalue weighted by atomic mass is 10.1. The van der Waals surface area contributed by atoms with Gasteiger partial charge >= 0.3 is 0 Å². The molecule has 0 radical (unpaired) electrons. The average Bonchev–Trinajstić information content (AvgIpc) is 2.53. The number of aryl methyl sites for hydroxylation is 1. The van der Waals surface area contributed by atoms with Crippen LogP contribution in [0.1, 0.15) is 26.3 Å². The molecule has 0 fully saturated rings. The molecule has 0 aliphatic rings. The monoisotopic (exact) mass is 347 g/mol. The second-order valence-electron chi connectivity index (χ2n) is 4.74. The fourth-order valence-electron chi connectivity index (χ4n) is 1.73. The van der Waals surface area contributed by atoms with Crippen LogP contribution in [0.5, 0.6) is 0 Å². The van der Waals surface area contributed by atoms with Crippen molar-refractivity contribution in [1.29, 1.82) is 0 Å². The number of benzene rings is 2. The Hall–Kier alpha value is -2.44. The molecule has 0 saturated carbocycles. The molecule has 118 valence electrons. The lowest BCUT2D eigenvalue weighted by Crippen LogP contribution is -2.48. The van der Waals surface area contributed by atoms with E-state index in [1.807, 2.05) is 19.1 Å². The molecule has 2 aromatic rings. The summed E-state index contributed by atoms with van der Waals surface area (Å²) in [5, 5.41) is 2.92. The summed E-state index contributed by atoms with van der Waals surface area (Å²) in [5.41, 5.74) is 6.76. The molecular weight excluding hydrogens is 334 g/mol. The third kappa shape index (κ3) is 5.05. The molecule has 0 spiro atoms. The van der Waals surface area contributed by atoms with Gasteiger partial charge in [0, 0.05) is 16.1 Å². The van der Waals surface area contributed by atoms with Gasteiger partial charge in [-0.3, -0.25) is 25.8 Å². The summed E-state index contributed by atoms with van der Waals surface area (Å²) in [5.74, 6) is -0.779. The normalized spacial score (nSPS) is 9.83. The zero-order chi connectivity index (χ0) is 16.8. The maximum Gasteiger partial charge on any atom is 0.269 e. The van der Waals surface area contributed by atoms with E-state index < -0.39 is 5.91 Å². The first-order valence-corrected chi connectivity index (χ1v) is 7.48. The first-order chi connectivity index (χ1) is 11.0. The summed E-state index contributed by atoms with van der Waals surface area (Å²) in [6.07, 6.45) is 0. The van der Waals surface area contributed by atoms with Crippen LogP contribution in [-0.4, -0.2) is 16.9 Å². The Labute approximate surface area is 144 Å². The molecule has 0 heterocycles. The molecule has 0 unspecified atom stereocenters. The zero-order valence-electron chi connectivity index (χ0n) is 12.2. The van der Waals surface area contributed by atoms with Crippen molar-refractivity contribution >= 4 is 40.7 Å². The highest BCUT2D eigenvalue weighted by Gasteiger charge is 2.09. The van der Waals surface area contributed by atoms with Crippen LogP contribution in [0.2, 0.25) is 5.02 Å². The summed E-state index contributed by atoms with van der Waals surface area (Å²) in [4.78, 5) is 23.8. The fraction of sp³-hybridized carbons (Fsp3) is 0.0625. The lowest BCUT2D eigenvalue weighted by Gasteiger charge is -2.11. The lowest BCUT2D eigenvalue weighted by molar-refractivity contribution is 0.0934. The van der Waals surface area contributed by atoms with Crippen molar-refractivity contribution in [1.82, 2.24) is 16.2 Å². The van der Waals surface area contributed by atoms with Gasteiger partial charge in [-0.25, -0.2) is 0 Å². The summed E-state index contributed by atoms with van der Waals surface area (Å²) in [7, 11) is 0. The van der Waals surface area contributed by atoms with Crippen molar-refractivity contribution in [2.45, 2.75) is 6.92 Å². The third-order valence-corrected chi connectivity index (χ3v) is 3.36. The van der Waals surface area contributed by atoms with E-state index in [1.165, 1.54) is 6.07 Å². The van der Waals surface area contributed by atoms with E-state index in [0.717, 1.165) is 5.56 Å². The maximum atomic E-state index is 12.0. The number of carbonyl (C=O) groups excluding carboxylic acids is 2. The Morgan fingerprint density at radius 3 is 2.30 bits per heavy atom. The number of hydrogen-bond donors (Lipinski definition) is 3. The number of thiocarbonyl (C=S) groups is 1. The minimum atomic E-state index is -0.417. The van der Waals surface area contributed by atoms with Gasteiger partial charge in [0.05, 0.1) is 0 Å². The predicted octanol–water partition coefficient (Wildman–Crippen LogP) is 2.60. The van der Waals surface area contributed by atoms with Crippen LogP contribution in [0.3, 0.4) is 0 Å². The quantitative estimate of drug-likeness (QED) is 0.577. The Morgan fingerprint density at radius 1 is 0.957 bits per heavy atom. The largest absolute Gasteiger partial charge is 0.298 e. The molecule has 2 amide bonds. The topological polar surface area (TPSA) is 70.2 Å². The second kappa shape index (κ2) is 7.71. The summed E-state index contributed by atoms with van der Waals surface area (Å²) >= 11 is 10.8.